The third kappa shape index (κ3) is 2.81. The largest absolute Gasteiger partial charge is 0.495 e. The molecule has 8 nitrogen and oxygen atoms in total. The molecule has 10 heteroatoms. The van der Waals surface area contributed by atoms with Gasteiger partial charge in [0.25, 0.3) is 0 Å². The molecule has 0 spiro atoms. The number of methoxy groups -OCH3 is 1. The fourth-order valence-corrected chi connectivity index (χ4v) is 2.35. The maximum atomic E-state index is 13.9. The molecule has 0 atom stereocenters. The summed E-state index contributed by atoms with van der Waals surface area (Å²) in [7, 11) is 2.83. The monoisotopic (exact) mass is 361 g/mol. The Kier molecular flexibility index (Phi) is 4.48. The normalized spacial score (nSPS) is 10.6. The molecule has 26 heavy (non-hydrogen) atoms. The number of para-hydroxylation sites is 3. The maximum Gasteiger partial charge on any atom is 0.377 e. The lowest BCUT2D eigenvalue weighted by Gasteiger charge is -2.18. The van der Waals surface area contributed by atoms with E-state index in [2.05, 4.69) is 10.4 Å². The van der Waals surface area contributed by atoms with Crippen molar-refractivity contribution in [2.45, 2.75) is 0 Å². The number of tetrazole rings is 1. The van der Waals surface area contributed by atoms with Crippen LogP contribution in [0.2, 0.25) is 0 Å². The molecule has 2 aromatic carbocycles. The second-order valence-electron chi connectivity index (χ2n) is 5.17. The Morgan fingerprint density at radius 1 is 1.08 bits per heavy atom. The van der Waals surface area contributed by atoms with Crippen molar-refractivity contribution in [3.05, 3.63) is 64.6 Å². The molecular formula is C16H13F2N5O3. The zero-order valence-electron chi connectivity index (χ0n) is 13.8. The van der Waals surface area contributed by atoms with Crippen molar-refractivity contribution in [1.29, 1.82) is 0 Å². The highest BCUT2D eigenvalue weighted by Gasteiger charge is 2.24. The molecule has 1 amide bonds. The fraction of sp³-hybridized carbons (Fsp3) is 0.125. The third-order valence-corrected chi connectivity index (χ3v) is 3.65. The summed E-state index contributed by atoms with van der Waals surface area (Å²) >= 11 is 0. The number of anilines is 1. The predicted octanol–water partition coefficient (Wildman–Crippen LogP) is 1.82. The van der Waals surface area contributed by atoms with E-state index in [1.165, 1.54) is 14.2 Å². The summed E-state index contributed by atoms with van der Waals surface area (Å²) in [5.74, 6) is -1.63. The van der Waals surface area contributed by atoms with Gasteiger partial charge in [-0.05, 0) is 34.7 Å². The number of benzene rings is 2. The number of hydrogen-bond donors (Lipinski definition) is 0. The number of nitrogens with zero attached hydrogens (tertiary/aromatic N) is 5. The van der Waals surface area contributed by atoms with Gasteiger partial charge in [0.05, 0.1) is 12.8 Å². The van der Waals surface area contributed by atoms with Crippen LogP contribution in [0.25, 0.3) is 5.69 Å². The highest BCUT2D eigenvalue weighted by Crippen LogP contribution is 2.26. The third-order valence-electron chi connectivity index (χ3n) is 3.65. The van der Waals surface area contributed by atoms with E-state index >= 15 is 0 Å². The number of halogens is 2. The van der Waals surface area contributed by atoms with Gasteiger partial charge in [-0.3, -0.25) is 4.90 Å². The quantitative estimate of drug-likeness (QED) is 0.665. The molecule has 0 saturated carbocycles. The van der Waals surface area contributed by atoms with Gasteiger partial charge in [0.2, 0.25) is 0 Å². The molecule has 1 aromatic heterocycles. The summed E-state index contributed by atoms with van der Waals surface area (Å²) < 4.78 is 33.7. The van der Waals surface area contributed by atoms with Crippen molar-refractivity contribution < 1.29 is 18.3 Å². The Morgan fingerprint density at radius 2 is 1.73 bits per heavy atom. The van der Waals surface area contributed by atoms with Crippen molar-refractivity contribution in [2.24, 2.45) is 0 Å². The minimum atomic E-state index is -1.11. The molecular weight excluding hydrogens is 348 g/mol. The van der Waals surface area contributed by atoms with E-state index in [1.807, 2.05) is 0 Å². The van der Waals surface area contributed by atoms with Gasteiger partial charge in [-0.15, -0.1) is 4.68 Å². The number of ether oxygens (including phenoxy) is 1. The summed E-state index contributed by atoms with van der Waals surface area (Å²) in [6.45, 7) is 0. The highest BCUT2D eigenvalue weighted by molar-refractivity contribution is 5.93. The molecule has 0 aliphatic carbocycles. The SMILES string of the molecule is COc1ccccc1N(C)C(=O)n1nnn(-c2c(F)cccc2F)c1=O. The number of carbonyl (C=O) groups is 1. The van der Waals surface area contributed by atoms with E-state index in [4.69, 9.17) is 4.74 Å². The maximum absolute atomic E-state index is 13.9. The van der Waals surface area contributed by atoms with Gasteiger partial charge in [-0.1, -0.05) is 18.2 Å². The second kappa shape index (κ2) is 6.75. The average molecular weight is 361 g/mol. The van der Waals surface area contributed by atoms with Crippen LogP contribution in [0.4, 0.5) is 19.3 Å². The van der Waals surface area contributed by atoms with Crippen LogP contribution in [-0.4, -0.2) is 40.0 Å². The van der Waals surface area contributed by atoms with Crippen LogP contribution < -0.4 is 15.3 Å². The van der Waals surface area contributed by atoms with E-state index in [1.54, 1.807) is 24.3 Å². The molecule has 0 aliphatic heterocycles. The molecule has 3 aromatic rings. The zero-order valence-corrected chi connectivity index (χ0v) is 13.8. The first-order valence-electron chi connectivity index (χ1n) is 7.36. The van der Waals surface area contributed by atoms with Crippen molar-refractivity contribution in [2.75, 3.05) is 19.1 Å². The van der Waals surface area contributed by atoms with Crippen molar-refractivity contribution in [1.82, 2.24) is 19.8 Å². The Hall–Kier alpha value is -3.56. The van der Waals surface area contributed by atoms with Crippen LogP contribution in [-0.2, 0) is 0 Å². The standard InChI is InChI=1S/C16H13F2N5O3/c1-21(12-8-3-4-9-13(12)26-2)15(24)23-16(25)22(19-20-23)14-10(17)6-5-7-11(14)18/h3-9H,1-2H3. The lowest BCUT2D eigenvalue weighted by Crippen LogP contribution is -2.39. The summed E-state index contributed by atoms with van der Waals surface area (Å²) in [5, 5.41) is 6.83. The molecule has 0 fully saturated rings. The number of aromatic nitrogens is 4. The molecule has 134 valence electrons. The number of carbonyl (C=O) groups excluding carboxylic acids is 1. The summed E-state index contributed by atoms with van der Waals surface area (Å²) in [4.78, 5) is 26.1. The lowest BCUT2D eigenvalue weighted by atomic mass is 10.3. The Balaban J connectivity index is 2.03. The van der Waals surface area contributed by atoms with Crippen LogP contribution in [0.5, 0.6) is 5.75 Å². The fourth-order valence-electron chi connectivity index (χ4n) is 2.35. The molecule has 0 saturated heterocycles. The Labute approximate surface area is 145 Å². The average Bonchev–Trinajstić information content (AvgIpc) is 3.01. The van der Waals surface area contributed by atoms with Crippen molar-refractivity contribution in [3.8, 4) is 11.4 Å². The van der Waals surface area contributed by atoms with Crippen molar-refractivity contribution >= 4 is 11.7 Å². The van der Waals surface area contributed by atoms with Gasteiger partial charge < -0.3 is 4.74 Å². The number of rotatable bonds is 3. The highest BCUT2D eigenvalue weighted by atomic mass is 19.1. The van der Waals surface area contributed by atoms with Crippen LogP contribution in [0.3, 0.4) is 0 Å². The van der Waals surface area contributed by atoms with Gasteiger partial charge in [0.1, 0.15) is 11.4 Å². The smallest absolute Gasteiger partial charge is 0.377 e. The van der Waals surface area contributed by atoms with E-state index in [0.717, 1.165) is 23.1 Å². The first kappa shape index (κ1) is 17.3. The summed E-state index contributed by atoms with van der Waals surface area (Å²) in [6.07, 6.45) is 0. The van der Waals surface area contributed by atoms with Crippen LogP contribution in [0.15, 0.2) is 47.3 Å². The van der Waals surface area contributed by atoms with Gasteiger partial charge in [0.15, 0.2) is 11.6 Å². The summed E-state index contributed by atoms with van der Waals surface area (Å²) in [6, 6.07) is 8.82. The molecule has 0 unspecified atom stereocenters. The van der Waals surface area contributed by atoms with Crippen LogP contribution in [0, 0.1) is 11.6 Å². The lowest BCUT2D eigenvalue weighted by molar-refractivity contribution is 0.244. The molecule has 0 radical (unpaired) electrons. The van der Waals surface area contributed by atoms with Gasteiger partial charge >= 0.3 is 11.7 Å². The topological polar surface area (TPSA) is 82.2 Å². The minimum absolute atomic E-state index is 0.374. The zero-order chi connectivity index (χ0) is 18.8. The number of hydrogen-bond acceptors (Lipinski definition) is 5. The van der Waals surface area contributed by atoms with Crippen LogP contribution in [0.1, 0.15) is 0 Å². The van der Waals surface area contributed by atoms with Crippen molar-refractivity contribution in [3.63, 3.8) is 0 Å². The Morgan fingerprint density at radius 3 is 2.38 bits per heavy atom. The van der Waals surface area contributed by atoms with Gasteiger partial charge in [-0.2, -0.15) is 4.68 Å². The molecule has 0 bridgehead atoms. The molecule has 3 rings (SSSR count). The molecule has 0 N–H and O–H groups in total. The van der Waals surface area contributed by atoms with E-state index in [9.17, 15) is 18.4 Å². The second-order valence-corrected chi connectivity index (χ2v) is 5.17. The van der Waals surface area contributed by atoms with E-state index in [0.29, 0.717) is 20.8 Å². The Bertz CT molecular complexity index is 1010. The number of amides is 1. The van der Waals surface area contributed by atoms with E-state index in [-0.39, 0.29) is 0 Å². The van der Waals surface area contributed by atoms with E-state index < -0.39 is 29.0 Å². The first-order chi connectivity index (χ1) is 12.5. The molecule has 0 aliphatic rings. The summed E-state index contributed by atoms with van der Waals surface area (Å²) in [5.41, 5.74) is -1.45. The molecule has 1 heterocycles. The van der Waals surface area contributed by atoms with Crippen LogP contribution >= 0.6 is 0 Å². The first-order valence-corrected chi connectivity index (χ1v) is 7.36. The predicted molar refractivity (Wildman–Crippen MR) is 87.7 cm³/mol. The van der Waals surface area contributed by atoms with Gasteiger partial charge in [0, 0.05) is 7.05 Å². The van der Waals surface area contributed by atoms with Gasteiger partial charge in [-0.25, -0.2) is 18.4 Å². The minimum Gasteiger partial charge on any atom is -0.495 e.